The number of aromatic nitrogens is 1. The Balaban J connectivity index is 1.90. The number of carbonyl (C=O) groups excluding carboxylic acids is 1. The quantitative estimate of drug-likeness (QED) is 0.534. The van der Waals surface area contributed by atoms with Crippen molar-refractivity contribution in [3.05, 3.63) is 53.6 Å². The Morgan fingerprint density at radius 1 is 1.21 bits per heavy atom. The van der Waals surface area contributed by atoms with Gasteiger partial charge in [0.25, 0.3) is 5.91 Å². The smallest absolute Gasteiger partial charge is 0.273 e. The van der Waals surface area contributed by atoms with E-state index in [0.717, 1.165) is 12.5 Å². The predicted molar refractivity (Wildman–Crippen MR) is 126 cm³/mol. The number of hydrogen-bond donors (Lipinski definition) is 0. The number of rotatable bonds is 7. The van der Waals surface area contributed by atoms with Crippen molar-refractivity contribution >= 4 is 21.6 Å². The van der Waals surface area contributed by atoms with E-state index in [1.165, 1.54) is 63.6 Å². The summed E-state index contributed by atoms with van der Waals surface area (Å²) in [4.78, 5) is 17.4. The molecule has 3 rings (SSSR count). The summed E-state index contributed by atoms with van der Waals surface area (Å²) in [5.74, 6) is 4.94. The van der Waals surface area contributed by atoms with Gasteiger partial charge >= 0.3 is 0 Å². The molecule has 0 radical (unpaired) electrons. The molecule has 1 fully saturated rings. The molecule has 8 heteroatoms. The maximum atomic E-state index is 14.3. The molecule has 0 atom stereocenters. The Morgan fingerprint density at radius 3 is 2.64 bits per heavy atom. The average molecular weight is 473 g/mol. The van der Waals surface area contributed by atoms with Gasteiger partial charge in [-0.05, 0) is 43.4 Å². The average Bonchev–Trinajstić information content (AvgIpc) is 2.80. The molecule has 0 unspecified atom stereocenters. The second kappa shape index (κ2) is 11.3. The highest BCUT2D eigenvalue weighted by Crippen LogP contribution is 2.28. The normalized spacial score (nSPS) is 14.3. The van der Waals surface area contributed by atoms with E-state index in [1.54, 1.807) is 13.1 Å². The molecule has 0 saturated heterocycles. The fourth-order valence-corrected chi connectivity index (χ4v) is 5.46. The molecule has 1 aliphatic rings. The van der Waals surface area contributed by atoms with Crippen LogP contribution in [0.15, 0.2) is 36.7 Å². The number of sulfonamides is 1. The van der Waals surface area contributed by atoms with Crippen LogP contribution in [0.1, 0.15) is 67.8 Å². The molecule has 33 heavy (non-hydrogen) atoms. The summed E-state index contributed by atoms with van der Waals surface area (Å²) in [6.07, 6.45) is 10.1. The van der Waals surface area contributed by atoms with Crippen LogP contribution in [0.3, 0.4) is 0 Å². The Bertz CT molecular complexity index is 1150. The highest BCUT2D eigenvalue weighted by atomic mass is 32.2. The minimum Gasteiger partial charge on any atom is -0.494 e. The number of nitrogens with zero attached hydrogens (tertiary/aromatic N) is 2. The van der Waals surface area contributed by atoms with Gasteiger partial charge in [-0.1, -0.05) is 38.0 Å². The lowest BCUT2D eigenvalue weighted by Crippen LogP contribution is -2.38. The minimum atomic E-state index is -4.04. The molecular formula is C25H29FN2O4S. The van der Waals surface area contributed by atoms with Crippen molar-refractivity contribution in [1.29, 1.82) is 0 Å². The van der Waals surface area contributed by atoms with Crippen LogP contribution in [-0.2, 0) is 10.0 Å². The molecule has 1 aromatic carbocycles. The van der Waals surface area contributed by atoms with Crippen LogP contribution in [0, 0.1) is 23.6 Å². The molecule has 6 nitrogen and oxygen atoms in total. The summed E-state index contributed by atoms with van der Waals surface area (Å²) in [6.45, 7) is 1.69. The van der Waals surface area contributed by atoms with Crippen LogP contribution in [0.2, 0.25) is 0 Å². The molecule has 1 heterocycles. The fraction of sp³-hybridized carbons (Fsp3) is 0.440. The number of pyridine rings is 1. The van der Waals surface area contributed by atoms with E-state index in [9.17, 15) is 17.6 Å². The molecule has 176 valence electrons. The zero-order valence-electron chi connectivity index (χ0n) is 19.0. The van der Waals surface area contributed by atoms with Crippen molar-refractivity contribution in [2.45, 2.75) is 51.9 Å². The Morgan fingerprint density at radius 2 is 1.97 bits per heavy atom. The molecule has 1 aromatic heterocycles. The first-order valence-corrected chi connectivity index (χ1v) is 12.8. The van der Waals surface area contributed by atoms with E-state index in [2.05, 4.69) is 16.8 Å². The molecule has 1 amide bonds. The summed E-state index contributed by atoms with van der Waals surface area (Å²) in [6, 6.07) is 5.13. The zero-order chi connectivity index (χ0) is 23.8. The van der Waals surface area contributed by atoms with Gasteiger partial charge in [-0.3, -0.25) is 9.78 Å². The summed E-state index contributed by atoms with van der Waals surface area (Å²) < 4.78 is 45.7. The van der Waals surface area contributed by atoms with Gasteiger partial charge in [0.15, 0.2) is 11.6 Å². The number of hydrogen-bond acceptors (Lipinski definition) is 5. The van der Waals surface area contributed by atoms with E-state index < -0.39 is 21.7 Å². The van der Waals surface area contributed by atoms with Crippen LogP contribution >= 0.6 is 0 Å². The molecule has 0 N–H and O–H groups in total. The monoisotopic (exact) mass is 472 g/mol. The molecule has 0 spiro atoms. The number of ether oxygens (including phenoxy) is 1. The lowest BCUT2D eigenvalue weighted by Gasteiger charge is -2.23. The van der Waals surface area contributed by atoms with Gasteiger partial charge in [0.2, 0.25) is 10.0 Å². The predicted octanol–water partition coefficient (Wildman–Crippen LogP) is 4.94. The van der Waals surface area contributed by atoms with Gasteiger partial charge in [0.1, 0.15) is 0 Å². The van der Waals surface area contributed by atoms with Gasteiger partial charge in [0, 0.05) is 30.4 Å². The number of halogens is 1. The van der Waals surface area contributed by atoms with Crippen LogP contribution < -0.4 is 9.04 Å². The van der Waals surface area contributed by atoms with E-state index in [4.69, 9.17) is 4.74 Å². The lowest BCUT2D eigenvalue weighted by atomic mass is 9.87. The van der Waals surface area contributed by atoms with Crippen LogP contribution in [0.25, 0.3) is 0 Å². The maximum absolute atomic E-state index is 14.3. The van der Waals surface area contributed by atoms with Gasteiger partial charge in [0.05, 0.1) is 24.1 Å². The third kappa shape index (κ3) is 6.32. The molecular weight excluding hydrogens is 443 g/mol. The first kappa shape index (κ1) is 24.7. The molecule has 1 saturated carbocycles. The van der Waals surface area contributed by atoms with Gasteiger partial charge < -0.3 is 4.74 Å². The van der Waals surface area contributed by atoms with Crippen LogP contribution in [0.4, 0.5) is 10.1 Å². The van der Waals surface area contributed by atoms with Crippen molar-refractivity contribution < 1.29 is 22.3 Å². The molecule has 0 bridgehead atoms. The van der Waals surface area contributed by atoms with Crippen molar-refractivity contribution in [2.24, 2.45) is 5.92 Å². The SMILES string of the molecule is CCCS(=O)(=O)N(C(=O)c1cncc(C#CCC2CCCCC2)c1)c1ccc(OC)c(F)c1. The first-order chi connectivity index (χ1) is 15.9. The van der Waals surface area contributed by atoms with Crippen LogP contribution in [0.5, 0.6) is 5.75 Å². The van der Waals surface area contributed by atoms with E-state index in [-0.39, 0.29) is 22.8 Å². The fourth-order valence-electron chi connectivity index (χ4n) is 3.97. The summed E-state index contributed by atoms with van der Waals surface area (Å²) in [5.41, 5.74) is 0.501. The number of anilines is 1. The largest absolute Gasteiger partial charge is 0.494 e. The number of methoxy groups -OCH3 is 1. The second-order valence-corrected chi connectivity index (χ2v) is 10.1. The lowest BCUT2D eigenvalue weighted by molar-refractivity contribution is 0.100. The molecule has 1 aliphatic carbocycles. The highest BCUT2D eigenvalue weighted by molar-refractivity contribution is 7.93. The van der Waals surface area contributed by atoms with Gasteiger partial charge in [-0.25, -0.2) is 17.1 Å². The summed E-state index contributed by atoms with van der Waals surface area (Å²) in [5, 5.41) is 0. The Hall–Kier alpha value is -2.92. The summed E-state index contributed by atoms with van der Waals surface area (Å²) >= 11 is 0. The first-order valence-electron chi connectivity index (χ1n) is 11.2. The van der Waals surface area contributed by atoms with E-state index >= 15 is 0 Å². The Kier molecular flexibility index (Phi) is 8.45. The standard InChI is InChI=1S/C25H29FN2O4S/c1-3-14-33(30,31)28(22-12-13-24(32-2)23(26)16-22)25(29)21-15-20(17-27-18-21)11-7-10-19-8-5-4-6-9-19/h12-13,15-19H,3-6,8-10,14H2,1-2H3. The highest BCUT2D eigenvalue weighted by Gasteiger charge is 2.30. The van der Waals surface area contributed by atoms with Crippen molar-refractivity contribution in [3.8, 4) is 17.6 Å². The van der Waals surface area contributed by atoms with Gasteiger partial charge in [-0.2, -0.15) is 0 Å². The third-order valence-electron chi connectivity index (χ3n) is 5.63. The third-order valence-corrected chi connectivity index (χ3v) is 7.49. The van der Waals surface area contributed by atoms with Crippen molar-refractivity contribution in [1.82, 2.24) is 4.98 Å². The van der Waals surface area contributed by atoms with Crippen molar-refractivity contribution in [3.63, 3.8) is 0 Å². The van der Waals surface area contributed by atoms with E-state index in [1.807, 2.05) is 0 Å². The topological polar surface area (TPSA) is 76.6 Å². The zero-order valence-corrected chi connectivity index (χ0v) is 19.8. The number of benzene rings is 1. The molecule has 0 aliphatic heterocycles. The van der Waals surface area contributed by atoms with Gasteiger partial charge in [-0.15, -0.1) is 0 Å². The Labute approximate surface area is 195 Å². The number of carbonyl (C=O) groups is 1. The summed E-state index contributed by atoms with van der Waals surface area (Å²) in [7, 11) is -2.73. The minimum absolute atomic E-state index is 0.0454. The van der Waals surface area contributed by atoms with Crippen LogP contribution in [-0.4, -0.2) is 32.2 Å². The van der Waals surface area contributed by atoms with Crippen molar-refractivity contribution in [2.75, 3.05) is 17.2 Å². The van der Waals surface area contributed by atoms with E-state index in [0.29, 0.717) is 22.2 Å². The number of amides is 1. The second-order valence-electron chi connectivity index (χ2n) is 8.18. The maximum Gasteiger partial charge on any atom is 0.273 e. The molecule has 2 aromatic rings.